The topological polar surface area (TPSA) is 37.8 Å². The normalized spacial score (nSPS) is 12.6. The zero-order valence-corrected chi connectivity index (χ0v) is 11.3. The van der Waals surface area contributed by atoms with Crippen LogP contribution in [0.2, 0.25) is 0 Å². The Bertz CT molecular complexity index is 388. The van der Waals surface area contributed by atoms with E-state index >= 15 is 0 Å². The number of alkyl halides is 3. The van der Waals surface area contributed by atoms with Crippen molar-refractivity contribution in [3.63, 3.8) is 0 Å². The Balaban J connectivity index is 2.49. The van der Waals surface area contributed by atoms with Crippen molar-refractivity contribution in [3.8, 4) is 0 Å². The molecule has 0 atom stereocenters. The Kier molecular flexibility index (Phi) is 4.84. The van der Waals surface area contributed by atoms with Crippen LogP contribution in [0.5, 0.6) is 0 Å². The molecule has 7 heteroatoms. The highest BCUT2D eigenvalue weighted by molar-refractivity contribution is 8.00. The van der Waals surface area contributed by atoms with Crippen LogP contribution in [-0.2, 0) is 6.18 Å². The van der Waals surface area contributed by atoms with Crippen LogP contribution in [0, 0.1) is 0 Å². The number of nitrogens with zero attached hydrogens (tertiary/aromatic N) is 2. The molecule has 3 nitrogen and oxygen atoms in total. The van der Waals surface area contributed by atoms with Crippen molar-refractivity contribution in [1.29, 1.82) is 0 Å². The van der Waals surface area contributed by atoms with Gasteiger partial charge in [-0.15, -0.1) is 0 Å². The molecule has 0 unspecified atom stereocenters. The van der Waals surface area contributed by atoms with E-state index in [1.807, 2.05) is 0 Å². The second kappa shape index (κ2) is 5.77. The molecule has 0 fully saturated rings. The minimum Gasteiger partial charge on any atom is -0.353 e. The number of rotatable bonds is 4. The van der Waals surface area contributed by atoms with Crippen molar-refractivity contribution < 1.29 is 13.2 Å². The van der Waals surface area contributed by atoms with E-state index in [4.69, 9.17) is 0 Å². The average Bonchev–Trinajstić information content (AvgIpc) is 2.22. The molecule has 102 valence electrons. The molecule has 0 bridgehead atoms. The van der Waals surface area contributed by atoms with Gasteiger partial charge in [-0.25, -0.2) is 9.97 Å². The van der Waals surface area contributed by atoms with Gasteiger partial charge in [0.2, 0.25) is 5.95 Å². The van der Waals surface area contributed by atoms with E-state index in [0.29, 0.717) is 6.54 Å². The highest BCUT2D eigenvalue weighted by Gasteiger charge is 2.32. The lowest BCUT2D eigenvalue weighted by Gasteiger charge is -2.17. The SMILES string of the molecule is CC(C)(C)SCCNc1nccc(C(F)(F)F)n1. The molecule has 0 aliphatic rings. The molecule has 0 radical (unpaired) electrons. The van der Waals surface area contributed by atoms with E-state index in [1.165, 1.54) is 0 Å². The Morgan fingerprint density at radius 2 is 1.94 bits per heavy atom. The van der Waals surface area contributed by atoms with E-state index in [0.717, 1.165) is 18.0 Å². The Morgan fingerprint density at radius 3 is 2.50 bits per heavy atom. The number of hydrogen-bond acceptors (Lipinski definition) is 4. The molecule has 1 heterocycles. The summed E-state index contributed by atoms with van der Waals surface area (Å²) < 4.78 is 37.3. The maximum Gasteiger partial charge on any atom is 0.433 e. The molecule has 0 spiro atoms. The number of anilines is 1. The van der Waals surface area contributed by atoms with Crippen LogP contribution in [0.3, 0.4) is 0 Å². The highest BCUT2D eigenvalue weighted by Crippen LogP contribution is 2.27. The molecule has 0 amide bonds. The van der Waals surface area contributed by atoms with Crippen molar-refractivity contribution >= 4 is 17.7 Å². The van der Waals surface area contributed by atoms with Gasteiger partial charge in [0, 0.05) is 23.2 Å². The number of hydrogen-bond donors (Lipinski definition) is 1. The third-order valence-corrected chi connectivity index (χ3v) is 3.14. The monoisotopic (exact) mass is 279 g/mol. The highest BCUT2D eigenvalue weighted by atomic mass is 32.2. The van der Waals surface area contributed by atoms with Gasteiger partial charge in [0.1, 0.15) is 5.69 Å². The summed E-state index contributed by atoms with van der Waals surface area (Å²) in [5, 5.41) is 2.79. The summed E-state index contributed by atoms with van der Waals surface area (Å²) in [7, 11) is 0. The minimum atomic E-state index is -4.43. The predicted octanol–water partition coefficient (Wildman–Crippen LogP) is 3.44. The summed E-state index contributed by atoms with van der Waals surface area (Å²) >= 11 is 1.72. The van der Waals surface area contributed by atoms with Gasteiger partial charge in [0.25, 0.3) is 0 Å². The second-order valence-electron chi connectivity index (χ2n) is 4.65. The largest absolute Gasteiger partial charge is 0.433 e. The fraction of sp³-hybridized carbons (Fsp3) is 0.636. The van der Waals surface area contributed by atoms with Gasteiger partial charge in [-0.3, -0.25) is 0 Å². The van der Waals surface area contributed by atoms with Crippen molar-refractivity contribution in [2.24, 2.45) is 0 Å². The number of halogens is 3. The van der Waals surface area contributed by atoms with Gasteiger partial charge >= 0.3 is 6.18 Å². The van der Waals surface area contributed by atoms with Crippen molar-refractivity contribution in [3.05, 3.63) is 18.0 Å². The summed E-state index contributed by atoms with van der Waals surface area (Å²) in [4.78, 5) is 7.18. The van der Waals surface area contributed by atoms with E-state index in [-0.39, 0.29) is 10.7 Å². The van der Waals surface area contributed by atoms with E-state index < -0.39 is 11.9 Å². The molecule has 1 aromatic rings. The average molecular weight is 279 g/mol. The molecule has 0 aliphatic heterocycles. The quantitative estimate of drug-likeness (QED) is 0.857. The Hall–Kier alpha value is -0.980. The zero-order valence-electron chi connectivity index (χ0n) is 10.5. The smallest absolute Gasteiger partial charge is 0.353 e. The first kappa shape index (κ1) is 15.1. The molecule has 0 saturated carbocycles. The summed E-state index contributed by atoms with van der Waals surface area (Å²) in [6.45, 7) is 6.78. The number of nitrogens with one attached hydrogen (secondary N) is 1. The fourth-order valence-electron chi connectivity index (χ4n) is 1.12. The van der Waals surface area contributed by atoms with E-state index in [2.05, 4.69) is 36.1 Å². The molecular formula is C11H16F3N3S. The number of thioether (sulfide) groups is 1. The van der Waals surface area contributed by atoms with Crippen LogP contribution in [-0.4, -0.2) is 27.0 Å². The molecule has 0 saturated heterocycles. The Labute approximate surface area is 109 Å². The van der Waals surface area contributed by atoms with Gasteiger partial charge in [-0.2, -0.15) is 24.9 Å². The summed E-state index contributed by atoms with van der Waals surface area (Å²) in [5.41, 5.74) is -0.927. The van der Waals surface area contributed by atoms with Gasteiger partial charge < -0.3 is 5.32 Å². The van der Waals surface area contributed by atoms with Crippen LogP contribution in [0.25, 0.3) is 0 Å². The third kappa shape index (κ3) is 5.57. The fourth-order valence-corrected chi connectivity index (χ4v) is 1.94. The standard InChI is InChI=1S/C11H16F3N3S/c1-10(2,3)18-7-6-16-9-15-5-4-8(17-9)11(12,13)14/h4-5H,6-7H2,1-3H3,(H,15,16,17). The zero-order chi connectivity index (χ0) is 13.8. The van der Waals surface area contributed by atoms with Gasteiger partial charge in [0.05, 0.1) is 0 Å². The first-order valence-corrected chi connectivity index (χ1v) is 6.45. The third-order valence-electron chi connectivity index (χ3n) is 1.87. The van der Waals surface area contributed by atoms with Crippen LogP contribution in [0.4, 0.5) is 19.1 Å². The molecule has 18 heavy (non-hydrogen) atoms. The van der Waals surface area contributed by atoms with Crippen LogP contribution < -0.4 is 5.32 Å². The lowest BCUT2D eigenvalue weighted by molar-refractivity contribution is -0.141. The predicted molar refractivity (Wildman–Crippen MR) is 67.7 cm³/mol. The molecule has 0 aromatic carbocycles. The summed E-state index contributed by atoms with van der Waals surface area (Å²) in [5.74, 6) is 0.794. The van der Waals surface area contributed by atoms with Gasteiger partial charge in [0.15, 0.2) is 0 Å². The lowest BCUT2D eigenvalue weighted by atomic mass is 10.3. The summed E-state index contributed by atoms with van der Waals surface area (Å²) in [6, 6.07) is 0.856. The first-order valence-electron chi connectivity index (χ1n) is 5.46. The maximum absolute atomic E-state index is 12.4. The minimum absolute atomic E-state index is 0.0133. The first-order chi connectivity index (χ1) is 8.18. The second-order valence-corrected chi connectivity index (χ2v) is 6.57. The van der Waals surface area contributed by atoms with Crippen LogP contribution in [0.1, 0.15) is 26.5 Å². The molecule has 1 aromatic heterocycles. The molecule has 1 N–H and O–H groups in total. The van der Waals surface area contributed by atoms with Crippen LogP contribution in [0.15, 0.2) is 12.3 Å². The van der Waals surface area contributed by atoms with E-state index in [1.54, 1.807) is 11.8 Å². The van der Waals surface area contributed by atoms with Crippen molar-refractivity contribution in [2.75, 3.05) is 17.6 Å². The van der Waals surface area contributed by atoms with Gasteiger partial charge in [-0.05, 0) is 6.07 Å². The number of aromatic nitrogens is 2. The molecular weight excluding hydrogens is 263 g/mol. The molecule has 1 rings (SSSR count). The van der Waals surface area contributed by atoms with Crippen molar-refractivity contribution in [1.82, 2.24) is 9.97 Å². The lowest BCUT2D eigenvalue weighted by Crippen LogP contribution is -2.15. The van der Waals surface area contributed by atoms with Gasteiger partial charge in [-0.1, -0.05) is 20.8 Å². The Morgan fingerprint density at radius 1 is 1.28 bits per heavy atom. The van der Waals surface area contributed by atoms with Crippen LogP contribution >= 0.6 is 11.8 Å². The molecule has 0 aliphatic carbocycles. The van der Waals surface area contributed by atoms with E-state index in [9.17, 15) is 13.2 Å². The summed E-state index contributed by atoms with van der Waals surface area (Å²) in [6.07, 6.45) is -3.32. The maximum atomic E-state index is 12.4. The van der Waals surface area contributed by atoms with Crippen molar-refractivity contribution in [2.45, 2.75) is 31.7 Å².